The summed E-state index contributed by atoms with van der Waals surface area (Å²) in [4.78, 5) is 21.2. The number of hydrogen-bond donors (Lipinski definition) is 1. The summed E-state index contributed by atoms with van der Waals surface area (Å²) in [5, 5.41) is 3.45. The number of nitrogens with one attached hydrogen (secondary N) is 1. The van der Waals surface area contributed by atoms with Crippen molar-refractivity contribution < 1.29 is 4.79 Å². The predicted molar refractivity (Wildman–Crippen MR) is 106 cm³/mol. The van der Waals surface area contributed by atoms with Crippen molar-refractivity contribution in [1.29, 1.82) is 0 Å². The van der Waals surface area contributed by atoms with E-state index in [1.54, 1.807) is 0 Å². The normalized spacial score (nSPS) is 21.4. The smallest absolute Gasteiger partial charge is 0.222 e. The van der Waals surface area contributed by atoms with E-state index in [2.05, 4.69) is 48.3 Å². The summed E-state index contributed by atoms with van der Waals surface area (Å²) in [6, 6.07) is 8.39. The number of piperidine rings is 1. The van der Waals surface area contributed by atoms with Crippen molar-refractivity contribution in [2.75, 3.05) is 26.2 Å². The monoisotopic (exact) mass is 356 g/mol. The maximum atomic E-state index is 12.0. The molecule has 1 aromatic rings. The van der Waals surface area contributed by atoms with Crippen LogP contribution in [-0.2, 0) is 17.9 Å². The fourth-order valence-corrected chi connectivity index (χ4v) is 3.91. The third-order valence-electron chi connectivity index (χ3n) is 5.34. The van der Waals surface area contributed by atoms with Crippen molar-refractivity contribution >= 4 is 11.9 Å². The molecular formula is C21H32N4O. The first-order chi connectivity index (χ1) is 12.7. The lowest BCUT2D eigenvalue weighted by Crippen LogP contribution is -2.46. The summed E-state index contributed by atoms with van der Waals surface area (Å²) in [5.41, 5.74) is 2.43. The quantitative estimate of drug-likeness (QED) is 0.652. The molecule has 1 amide bonds. The van der Waals surface area contributed by atoms with Gasteiger partial charge in [0.05, 0.1) is 6.54 Å². The Labute approximate surface area is 157 Å². The molecule has 1 N–H and O–H groups in total. The van der Waals surface area contributed by atoms with Crippen molar-refractivity contribution in [2.24, 2.45) is 10.9 Å². The molecule has 2 aliphatic heterocycles. The van der Waals surface area contributed by atoms with Crippen molar-refractivity contribution in [3.63, 3.8) is 0 Å². The molecule has 2 fully saturated rings. The number of aliphatic imine (C=N–C) groups is 1. The van der Waals surface area contributed by atoms with Crippen LogP contribution >= 0.6 is 0 Å². The van der Waals surface area contributed by atoms with Gasteiger partial charge in [0.25, 0.3) is 0 Å². The number of carbonyl (C=O) groups excluding carboxylic acids is 1. The van der Waals surface area contributed by atoms with E-state index in [4.69, 9.17) is 4.99 Å². The number of likely N-dealkylation sites (tertiary alicyclic amines) is 2. The van der Waals surface area contributed by atoms with Crippen molar-refractivity contribution in [3.05, 3.63) is 35.4 Å². The Balaban J connectivity index is 1.71. The van der Waals surface area contributed by atoms with E-state index in [1.807, 2.05) is 4.90 Å². The molecule has 1 atom stereocenters. The fraction of sp³-hybridized carbons (Fsp3) is 0.619. The van der Waals surface area contributed by atoms with Crippen LogP contribution in [0.3, 0.4) is 0 Å². The average Bonchev–Trinajstić information content (AvgIpc) is 3.04. The second kappa shape index (κ2) is 9.06. The lowest BCUT2D eigenvalue weighted by atomic mass is 10.0. The molecule has 1 unspecified atom stereocenters. The average molecular weight is 357 g/mol. The van der Waals surface area contributed by atoms with Crippen LogP contribution in [0.5, 0.6) is 0 Å². The summed E-state index contributed by atoms with van der Waals surface area (Å²) in [6.45, 7) is 9.73. The van der Waals surface area contributed by atoms with Crippen molar-refractivity contribution in [3.8, 4) is 0 Å². The third-order valence-corrected chi connectivity index (χ3v) is 5.34. The number of carbonyl (C=O) groups is 1. The molecule has 2 saturated heterocycles. The summed E-state index contributed by atoms with van der Waals surface area (Å²) in [6.07, 6.45) is 4.22. The Bertz CT molecular complexity index is 643. The molecule has 0 aliphatic carbocycles. The van der Waals surface area contributed by atoms with E-state index in [0.717, 1.165) is 44.5 Å². The Kier molecular flexibility index (Phi) is 6.53. The highest BCUT2D eigenvalue weighted by atomic mass is 16.2. The summed E-state index contributed by atoms with van der Waals surface area (Å²) >= 11 is 0. The van der Waals surface area contributed by atoms with Gasteiger partial charge in [-0.2, -0.15) is 0 Å². The second-order valence-electron chi connectivity index (χ2n) is 7.55. The topological polar surface area (TPSA) is 47.9 Å². The van der Waals surface area contributed by atoms with Gasteiger partial charge in [0, 0.05) is 39.1 Å². The SMILES string of the molecule is CCNC(=NCc1ccccc1CN1CCCC1=O)N1CCCC(C)C1. The maximum absolute atomic E-state index is 12.0. The molecule has 5 heteroatoms. The molecule has 0 radical (unpaired) electrons. The van der Waals surface area contributed by atoms with Gasteiger partial charge in [-0.05, 0) is 43.2 Å². The third kappa shape index (κ3) is 4.77. The molecule has 2 aliphatic rings. The van der Waals surface area contributed by atoms with Gasteiger partial charge in [-0.3, -0.25) is 4.79 Å². The first-order valence-electron chi connectivity index (χ1n) is 10.0. The van der Waals surface area contributed by atoms with E-state index in [-0.39, 0.29) is 5.91 Å². The lowest BCUT2D eigenvalue weighted by Gasteiger charge is -2.33. The van der Waals surface area contributed by atoms with Crippen LogP contribution in [0.2, 0.25) is 0 Å². The van der Waals surface area contributed by atoms with E-state index >= 15 is 0 Å². The largest absolute Gasteiger partial charge is 0.357 e. The summed E-state index contributed by atoms with van der Waals surface area (Å²) in [7, 11) is 0. The number of amides is 1. The van der Waals surface area contributed by atoms with E-state index in [9.17, 15) is 4.79 Å². The fourth-order valence-electron chi connectivity index (χ4n) is 3.91. The van der Waals surface area contributed by atoms with Crippen molar-refractivity contribution in [2.45, 2.75) is 52.6 Å². The molecule has 142 valence electrons. The van der Waals surface area contributed by atoms with Gasteiger partial charge in [-0.25, -0.2) is 4.99 Å². The molecule has 0 spiro atoms. The first-order valence-corrected chi connectivity index (χ1v) is 10.0. The van der Waals surface area contributed by atoms with Gasteiger partial charge in [0.15, 0.2) is 5.96 Å². The number of hydrogen-bond acceptors (Lipinski definition) is 2. The zero-order chi connectivity index (χ0) is 18.4. The van der Waals surface area contributed by atoms with Gasteiger partial charge < -0.3 is 15.1 Å². The number of nitrogens with zero attached hydrogens (tertiary/aromatic N) is 3. The van der Waals surface area contributed by atoms with E-state index in [1.165, 1.54) is 24.0 Å². The zero-order valence-corrected chi connectivity index (χ0v) is 16.2. The van der Waals surface area contributed by atoms with Crippen LogP contribution in [0.4, 0.5) is 0 Å². The highest BCUT2D eigenvalue weighted by Gasteiger charge is 2.21. The predicted octanol–water partition coefficient (Wildman–Crippen LogP) is 3.01. The second-order valence-corrected chi connectivity index (χ2v) is 7.55. The highest BCUT2D eigenvalue weighted by molar-refractivity contribution is 5.80. The van der Waals surface area contributed by atoms with Crippen LogP contribution in [0.15, 0.2) is 29.3 Å². The van der Waals surface area contributed by atoms with Gasteiger partial charge >= 0.3 is 0 Å². The van der Waals surface area contributed by atoms with Crippen LogP contribution in [-0.4, -0.2) is 47.8 Å². The number of guanidine groups is 1. The van der Waals surface area contributed by atoms with Gasteiger partial charge in [-0.1, -0.05) is 31.2 Å². The maximum Gasteiger partial charge on any atom is 0.222 e. The first kappa shape index (κ1) is 18.7. The lowest BCUT2D eigenvalue weighted by molar-refractivity contribution is -0.128. The Morgan fingerprint density at radius 3 is 2.73 bits per heavy atom. The molecule has 0 bridgehead atoms. The molecule has 0 saturated carbocycles. The standard InChI is InChI=1S/C21H32N4O/c1-3-22-21(25-13-6-8-17(2)15-25)23-14-18-9-4-5-10-19(18)16-24-12-7-11-20(24)26/h4-5,9-10,17H,3,6-8,11-16H2,1-2H3,(H,22,23). The van der Waals surface area contributed by atoms with Gasteiger partial charge in [0.2, 0.25) is 5.91 Å². The molecule has 0 aromatic heterocycles. The Hall–Kier alpha value is -2.04. The molecule has 1 aromatic carbocycles. The van der Waals surface area contributed by atoms with Crippen LogP contribution in [0, 0.1) is 5.92 Å². The summed E-state index contributed by atoms with van der Waals surface area (Å²) in [5.74, 6) is 2.02. The number of rotatable bonds is 5. The molecule has 5 nitrogen and oxygen atoms in total. The van der Waals surface area contributed by atoms with Crippen molar-refractivity contribution in [1.82, 2.24) is 15.1 Å². The zero-order valence-electron chi connectivity index (χ0n) is 16.2. The van der Waals surface area contributed by atoms with Crippen LogP contribution < -0.4 is 5.32 Å². The highest BCUT2D eigenvalue weighted by Crippen LogP contribution is 2.19. The summed E-state index contributed by atoms with van der Waals surface area (Å²) < 4.78 is 0. The van der Waals surface area contributed by atoms with E-state index in [0.29, 0.717) is 19.5 Å². The van der Waals surface area contributed by atoms with Gasteiger partial charge in [0.1, 0.15) is 0 Å². The minimum Gasteiger partial charge on any atom is -0.357 e. The van der Waals surface area contributed by atoms with Crippen LogP contribution in [0.25, 0.3) is 0 Å². The molecule has 3 rings (SSSR count). The van der Waals surface area contributed by atoms with Crippen LogP contribution in [0.1, 0.15) is 50.7 Å². The van der Waals surface area contributed by atoms with Gasteiger partial charge in [-0.15, -0.1) is 0 Å². The minimum atomic E-state index is 0.277. The molecule has 26 heavy (non-hydrogen) atoms. The molecular weight excluding hydrogens is 324 g/mol. The Morgan fingerprint density at radius 2 is 2.04 bits per heavy atom. The molecule has 2 heterocycles. The number of benzene rings is 1. The minimum absolute atomic E-state index is 0.277. The Morgan fingerprint density at radius 1 is 1.23 bits per heavy atom. The van der Waals surface area contributed by atoms with E-state index < -0.39 is 0 Å².